The monoisotopic (exact) mass is 418 g/mol. The van der Waals surface area contributed by atoms with Crippen LogP contribution in [0.3, 0.4) is 0 Å². The van der Waals surface area contributed by atoms with Gasteiger partial charge in [0.2, 0.25) is 0 Å². The number of hydrogen-bond acceptors (Lipinski definition) is 3. The minimum atomic E-state index is -0.0621. The van der Waals surface area contributed by atoms with Gasteiger partial charge in [-0.15, -0.1) is 0 Å². The smallest absolute Gasteiger partial charge is 0.142 e. The number of allylic oxidation sites excluding steroid dienone is 4. The highest BCUT2D eigenvalue weighted by Gasteiger charge is 2.17. The minimum Gasteiger partial charge on any atom is -0.455 e. The van der Waals surface area contributed by atoms with Gasteiger partial charge in [-0.1, -0.05) is 63.2 Å². The highest BCUT2D eigenvalue weighted by Crippen LogP contribution is 2.37. The molecule has 4 aromatic rings. The number of benzene rings is 3. The summed E-state index contributed by atoms with van der Waals surface area (Å²) in [5.41, 5.74) is 7.52. The van der Waals surface area contributed by atoms with E-state index in [4.69, 9.17) is 9.83 Å². The van der Waals surface area contributed by atoms with Crippen molar-refractivity contribution in [2.45, 2.75) is 27.7 Å². The van der Waals surface area contributed by atoms with E-state index in [1.54, 1.807) is 0 Å². The lowest BCUT2D eigenvalue weighted by molar-refractivity contribution is 0.518. The van der Waals surface area contributed by atoms with Crippen molar-refractivity contribution in [3.63, 3.8) is 0 Å². The van der Waals surface area contributed by atoms with Crippen LogP contribution in [-0.4, -0.2) is 6.21 Å². The average Bonchev–Trinajstić information content (AvgIpc) is 3.16. The van der Waals surface area contributed by atoms with Crippen LogP contribution < -0.4 is 0 Å². The molecule has 1 N–H and O–H groups in total. The number of furan rings is 1. The van der Waals surface area contributed by atoms with Gasteiger partial charge in [0.1, 0.15) is 11.2 Å². The van der Waals surface area contributed by atoms with E-state index in [-0.39, 0.29) is 5.41 Å². The Morgan fingerprint density at radius 2 is 1.72 bits per heavy atom. The molecule has 0 radical (unpaired) electrons. The Balaban J connectivity index is 1.86. The summed E-state index contributed by atoms with van der Waals surface area (Å²) in [4.78, 5) is 0. The van der Waals surface area contributed by atoms with E-state index in [0.29, 0.717) is 5.56 Å². The number of rotatable bonds is 4. The summed E-state index contributed by atoms with van der Waals surface area (Å²) in [6.45, 7) is 8.54. The third-order valence-corrected chi connectivity index (χ3v) is 5.75. The van der Waals surface area contributed by atoms with Crippen molar-refractivity contribution in [2.24, 2.45) is 5.41 Å². The van der Waals surface area contributed by atoms with Crippen LogP contribution in [0, 0.1) is 22.2 Å². The van der Waals surface area contributed by atoms with Gasteiger partial charge in [-0.3, -0.25) is 0 Å². The van der Waals surface area contributed by atoms with Crippen molar-refractivity contribution < 1.29 is 4.42 Å². The second-order valence-electron chi connectivity index (χ2n) is 9.05. The number of nitriles is 1. The van der Waals surface area contributed by atoms with Crippen molar-refractivity contribution >= 4 is 33.7 Å². The van der Waals surface area contributed by atoms with Gasteiger partial charge in [0.25, 0.3) is 0 Å². The number of nitrogens with one attached hydrogen (secondary N) is 1. The number of fused-ring (bicyclic) bond motifs is 3. The lowest BCUT2D eigenvalue weighted by atomic mass is 9.84. The van der Waals surface area contributed by atoms with E-state index in [0.717, 1.165) is 49.8 Å². The molecule has 158 valence electrons. The third kappa shape index (κ3) is 4.00. The lowest BCUT2D eigenvalue weighted by Gasteiger charge is -2.20. The van der Waals surface area contributed by atoms with E-state index >= 15 is 0 Å². The van der Waals surface area contributed by atoms with Crippen molar-refractivity contribution in [2.75, 3.05) is 0 Å². The topological polar surface area (TPSA) is 60.8 Å². The SMILES string of the molecule is C/C(=C\C(=C/C=N)C(C)(C)C)c1cccc2c1oc1cc(-c3cccc(C#N)c3)ccc12. The van der Waals surface area contributed by atoms with Crippen LogP contribution >= 0.6 is 0 Å². The van der Waals surface area contributed by atoms with Crippen LogP contribution in [0.25, 0.3) is 38.6 Å². The van der Waals surface area contributed by atoms with Gasteiger partial charge in [0.15, 0.2) is 0 Å². The molecule has 0 saturated carbocycles. The average molecular weight is 419 g/mol. The fourth-order valence-electron chi connectivity index (χ4n) is 3.97. The second kappa shape index (κ2) is 8.32. The van der Waals surface area contributed by atoms with Crippen molar-refractivity contribution in [3.8, 4) is 17.2 Å². The lowest BCUT2D eigenvalue weighted by Crippen LogP contribution is -2.08. The maximum atomic E-state index is 9.21. The highest BCUT2D eigenvalue weighted by atomic mass is 16.3. The van der Waals surface area contributed by atoms with E-state index in [9.17, 15) is 5.26 Å². The fourth-order valence-corrected chi connectivity index (χ4v) is 3.97. The maximum Gasteiger partial charge on any atom is 0.142 e. The Morgan fingerprint density at radius 1 is 0.969 bits per heavy atom. The number of para-hydroxylation sites is 1. The first-order chi connectivity index (χ1) is 15.3. The molecule has 0 aliphatic rings. The molecule has 3 nitrogen and oxygen atoms in total. The van der Waals surface area contributed by atoms with E-state index in [1.807, 2.05) is 36.4 Å². The van der Waals surface area contributed by atoms with E-state index in [1.165, 1.54) is 6.21 Å². The van der Waals surface area contributed by atoms with Crippen LogP contribution in [0.4, 0.5) is 0 Å². The van der Waals surface area contributed by atoms with Gasteiger partial charge in [-0.2, -0.15) is 5.26 Å². The molecule has 0 amide bonds. The Labute approximate surface area is 188 Å². The van der Waals surface area contributed by atoms with Crippen LogP contribution in [0.2, 0.25) is 0 Å². The zero-order valence-corrected chi connectivity index (χ0v) is 18.9. The molecule has 0 aliphatic heterocycles. The molecule has 3 aromatic carbocycles. The van der Waals surface area contributed by atoms with Crippen LogP contribution in [0.15, 0.2) is 82.8 Å². The van der Waals surface area contributed by atoms with Gasteiger partial charge < -0.3 is 9.83 Å². The summed E-state index contributed by atoms with van der Waals surface area (Å²) in [6.07, 6.45) is 5.34. The largest absolute Gasteiger partial charge is 0.455 e. The zero-order chi connectivity index (χ0) is 22.9. The van der Waals surface area contributed by atoms with E-state index in [2.05, 4.69) is 70.2 Å². The Hall–Kier alpha value is -3.90. The number of hydrogen-bond donors (Lipinski definition) is 1. The summed E-state index contributed by atoms with van der Waals surface area (Å²) in [5.74, 6) is 0. The summed E-state index contributed by atoms with van der Waals surface area (Å²) in [7, 11) is 0. The third-order valence-electron chi connectivity index (χ3n) is 5.75. The normalized spacial score (nSPS) is 12.8. The molecule has 1 aromatic heterocycles. The molecule has 0 bridgehead atoms. The van der Waals surface area contributed by atoms with E-state index < -0.39 is 0 Å². The summed E-state index contributed by atoms with van der Waals surface area (Å²) < 4.78 is 6.38. The zero-order valence-electron chi connectivity index (χ0n) is 18.9. The van der Waals surface area contributed by atoms with Crippen LogP contribution in [0.5, 0.6) is 0 Å². The predicted octanol–water partition coefficient (Wildman–Crippen LogP) is 8.15. The Kier molecular flexibility index (Phi) is 5.55. The summed E-state index contributed by atoms with van der Waals surface area (Å²) in [6, 6.07) is 22.3. The molecule has 0 aliphatic carbocycles. The quantitative estimate of drug-likeness (QED) is 0.268. The molecule has 0 fully saturated rings. The van der Waals surface area contributed by atoms with Crippen molar-refractivity contribution in [1.29, 1.82) is 10.7 Å². The number of nitrogens with zero attached hydrogens (tertiary/aromatic N) is 1. The van der Waals surface area contributed by atoms with Gasteiger partial charge in [-0.25, -0.2) is 0 Å². The highest BCUT2D eigenvalue weighted by molar-refractivity contribution is 6.09. The molecule has 32 heavy (non-hydrogen) atoms. The minimum absolute atomic E-state index is 0.0621. The Bertz CT molecular complexity index is 1440. The maximum absolute atomic E-state index is 9.21. The van der Waals surface area contributed by atoms with Crippen LogP contribution in [-0.2, 0) is 0 Å². The van der Waals surface area contributed by atoms with Crippen molar-refractivity contribution in [3.05, 3.63) is 89.5 Å². The fraction of sp³-hybridized carbons (Fsp3) is 0.172. The molecule has 3 heteroatoms. The first-order valence-corrected chi connectivity index (χ1v) is 10.7. The molecule has 0 spiro atoms. The molecule has 0 unspecified atom stereocenters. The first kappa shape index (κ1) is 21.3. The predicted molar refractivity (Wildman–Crippen MR) is 134 cm³/mol. The van der Waals surface area contributed by atoms with Crippen molar-refractivity contribution in [1.82, 2.24) is 0 Å². The molecule has 4 rings (SSSR count). The standard InChI is InChI=1S/C29H26N2O/c1-19(15-23(13-14-30)29(2,3)4)24-9-6-10-26-25-12-11-22(17-27(25)32-28(24)26)21-8-5-7-20(16-21)18-31/h5-17,30H,1-4H3/b19-15+,23-13+,30-14?. The van der Waals surface area contributed by atoms with Gasteiger partial charge in [0.05, 0.1) is 11.6 Å². The van der Waals surface area contributed by atoms with Crippen LogP contribution in [0.1, 0.15) is 38.8 Å². The molecule has 0 saturated heterocycles. The molecule has 1 heterocycles. The second-order valence-corrected chi connectivity index (χ2v) is 9.05. The first-order valence-electron chi connectivity index (χ1n) is 10.7. The summed E-state index contributed by atoms with van der Waals surface area (Å²) in [5, 5.41) is 18.9. The molecular weight excluding hydrogens is 392 g/mol. The Morgan fingerprint density at radius 3 is 2.44 bits per heavy atom. The molecular formula is C29H26N2O. The van der Waals surface area contributed by atoms with Gasteiger partial charge in [0, 0.05) is 22.6 Å². The molecule has 0 atom stereocenters. The van der Waals surface area contributed by atoms with Gasteiger partial charge >= 0.3 is 0 Å². The van der Waals surface area contributed by atoms with Gasteiger partial charge in [-0.05, 0) is 65.0 Å². The summed E-state index contributed by atoms with van der Waals surface area (Å²) >= 11 is 0.